The van der Waals surface area contributed by atoms with Crippen molar-refractivity contribution in [1.82, 2.24) is 19.7 Å². The minimum absolute atomic E-state index is 0.0986. The monoisotopic (exact) mass is 212 g/mol. The van der Waals surface area contributed by atoms with Gasteiger partial charge < -0.3 is 5.11 Å². The van der Waals surface area contributed by atoms with Crippen molar-refractivity contribution in [1.29, 1.82) is 0 Å². The first-order chi connectivity index (χ1) is 6.59. The van der Waals surface area contributed by atoms with Crippen molar-refractivity contribution in [2.24, 2.45) is 7.05 Å². The van der Waals surface area contributed by atoms with Crippen LogP contribution in [0.15, 0.2) is 6.20 Å². The second-order valence-corrected chi connectivity index (χ2v) is 2.99. The van der Waals surface area contributed by atoms with E-state index in [-0.39, 0.29) is 11.0 Å². The molecule has 0 atom stereocenters. The fourth-order valence-electron chi connectivity index (χ4n) is 1.16. The van der Waals surface area contributed by atoms with Gasteiger partial charge in [0, 0.05) is 7.05 Å². The lowest BCUT2D eigenvalue weighted by atomic mass is 10.3. The number of carbonyl (C=O) groups is 1. The van der Waals surface area contributed by atoms with Crippen molar-refractivity contribution >= 4 is 28.6 Å². The minimum Gasteiger partial charge on any atom is -0.476 e. The van der Waals surface area contributed by atoms with E-state index in [0.29, 0.717) is 11.0 Å². The van der Waals surface area contributed by atoms with E-state index in [1.165, 1.54) is 10.9 Å². The molecule has 2 rings (SSSR count). The molecule has 0 aromatic carbocycles. The predicted octanol–water partition coefficient (Wildman–Crippen LogP) is 0.715. The molecule has 72 valence electrons. The van der Waals surface area contributed by atoms with Crippen LogP contribution in [-0.2, 0) is 7.05 Å². The van der Waals surface area contributed by atoms with E-state index in [1.54, 1.807) is 7.05 Å². The Morgan fingerprint density at radius 1 is 1.57 bits per heavy atom. The molecule has 2 heterocycles. The first-order valence-corrected chi connectivity index (χ1v) is 4.06. The predicted molar refractivity (Wildman–Crippen MR) is 48.3 cm³/mol. The second kappa shape index (κ2) is 2.91. The Hall–Kier alpha value is -1.69. The summed E-state index contributed by atoms with van der Waals surface area (Å²) >= 11 is 5.57. The van der Waals surface area contributed by atoms with Crippen LogP contribution >= 0.6 is 11.6 Å². The summed E-state index contributed by atoms with van der Waals surface area (Å²) in [7, 11) is 1.65. The molecule has 6 nitrogen and oxygen atoms in total. The van der Waals surface area contributed by atoms with Crippen molar-refractivity contribution in [3.05, 3.63) is 17.2 Å². The normalized spacial score (nSPS) is 10.7. The molecule has 0 saturated heterocycles. The van der Waals surface area contributed by atoms with Gasteiger partial charge in [-0.3, -0.25) is 4.68 Å². The maximum absolute atomic E-state index is 10.8. The Bertz CT molecular complexity index is 522. The van der Waals surface area contributed by atoms with E-state index in [4.69, 9.17) is 16.7 Å². The summed E-state index contributed by atoms with van der Waals surface area (Å²) in [5.41, 5.74) is 0.274. The number of hydrogen-bond donors (Lipinski definition) is 1. The number of aromatic carboxylic acids is 1. The number of carboxylic acid groups (broad SMARTS) is 1. The first-order valence-electron chi connectivity index (χ1n) is 3.68. The van der Waals surface area contributed by atoms with E-state index in [9.17, 15) is 4.79 Å². The standard InChI is InChI=1S/C7H5ClN4O2/c1-12-5-3(2-9-12)4(6(13)14)10-7(8)11-5/h2H,1H3,(H,13,14). The number of halogens is 1. The lowest BCUT2D eigenvalue weighted by molar-refractivity contribution is 0.0692. The Morgan fingerprint density at radius 2 is 2.29 bits per heavy atom. The molecule has 2 aromatic rings. The number of aromatic nitrogens is 4. The number of rotatable bonds is 1. The van der Waals surface area contributed by atoms with Crippen LogP contribution in [0.5, 0.6) is 0 Å². The van der Waals surface area contributed by atoms with Gasteiger partial charge in [-0.1, -0.05) is 0 Å². The Kier molecular flexibility index (Phi) is 1.85. The van der Waals surface area contributed by atoms with Crippen molar-refractivity contribution in [2.45, 2.75) is 0 Å². The van der Waals surface area contributed by atoms with Crippen LogP contribution < -0.4 is 0 Å². The maximum atomic E-state index is 10.8. The quantitative estimate of drug-likeness (QED) is 0.705. The van der Waals surface area contributed by atoms with Crippen LogP contribution in [0, 0.1) is 0 Å². The lowest BCUT2D eigenvalue weighted by Gasteiger charge is -1.97. The zero-order valence-corrected chi connectivity index (χ0v) is 7.86. The highest BCUT2D eigenvalue weighted by molar-refractivity contribution is 6.28. The second-order valence-electron chi connectivity index (χ2n) is 2.65. The molecule has 7 heteroatoms. The Labute approximate surface area is 83.1 Å². The van der Waals surface area contributed by atoms with Gasteiger partial charge >= 0.3 is 5.97 Å². The molecule has 0 spiro atoms. The molecule has 0 amide bonds. The summed E-state index contributed by atoms with van der Waals surface area (Å²) < 4.78 is 1.44. The molecule has 0 saturated carbocycles. The largest absolute Gasteiger partial charge is 0.476 e. The van der Waals surface area contributed by atoms with E-state index >= 15 is 0 Å². The van der Waals surface area contributed by atoms with Gasteiger partial charge in [-0.15, -0.1) is 0 Å². The van der Waals surface area contributed by atoms with Gasteiger partial charge in [-0.2, -0.15) is 10.1 Å². The summed E-state index contributed by atoms with van der Waals surface area (Å²) in [5.74, 6) is -1.15. The molecular weight excluding hydrogens is 208 g/mol. The number of fused-ring (bicyclic) bond motifs is 1. The van der Waals surface area contributed by atoms with Gasteiger partial charge in [0.05, 0.1) is 11.6 Å². The Morgan fingerprint density at radius 3 is 2.93 bits per heavy atom. The molecule has 1 N–H and O–H groups in total. The van der Waals surface area contributed by atoms with Gasteiger partial charge in [0.2, 0.25) is 5.28 Å². The van der Waals surface area contributed by atoms with Crippen LogP contribution in [-0.4, -0.2) is 30.8 Å². The molecule has 14 heavy (non-hydrogen) atoms. The van der Waals surface area contributed by atoms with E-state index < -0.39 is 5.97 Å². The Balaban J connectivity index is 2.88. The summed E-state index contributed by atoms with van der Waals surface area (Å²) in [6.45, 7) is 0. The fraction of sp³-hybridized carbons (Fsp3) is 0.143. The summed E-state index contributed by atoms with van der Waals surface area (Å²) in [6.07, 6.45) is 1.40. The fourth-order valence-corrected chi connectivity index (χ4v) is 1.32. The summed E-state index contributed by atoms with van der Waals surface area (Å²) in [5, 5.41) is 13.0. The molecule has 0 aliphatic rings. The summed E-state index contributed by atoms with van der Waals surface area (Å²) in [6, 6.07) is 0. The first kappa shape index (κ1) is 8.89. The average Bonchev–Trinajstić information content (AvgIpc) is 2.47. The number of nitrogens with zero attached hydrogens (tertiary/aromatic N) is 4. The van der Waals surface area contributed by atoms with Crippen molar-refractivity contribution in [3.8, 4) is 0 Å². The average molecular weight is 213 g/mol. The van der Waals surface area contributed by atoms with Gasteiger partial charge in [-0.25, -0.2) is 9.78 Å². The van der Waals surface area contributed by atoms with Gasteiger partial charge in [0.15, 0.2) is 11.3 Å². The molecule has 0 unspecified atom stereocenters. The molecule has 2 aromatic heterocycles. The van der Waals surface area contributed by atoms with Crippen LogP contribution in [0.3, 0.4) is 0 Å². The highest BCUT2D eigenvalue weighted by Crippen LogP contribution is 2.16. The van der Waals surface area contributed by atoms with Crippen molar-refractivity contribution in [2.75, 3.05) is 0 Å². The lowest BCUT2D eigenvalue weighted by Crippen LogP contribution is -2.03. The van der Waals surface area contributed by atoms with Gasteiger partial charge in [0.25, 0.3) is 0 Å². The third-order valence-electron chi connectivity index (χ3n) is 1.77. The van der Waals surface area contributed by atoms with E-state index in [1.807, 2.05) is 0 Å². The molecule has 0 fully saturated rings. The van der Waals surface area contributed by atoms with Crippen LogP contribution in [0.4, 0.5) is 0 Å². The summed E-state index contributed by atoms with van der Waals surface area (Å²) in [4.78, 5) is 18.3. The molecular formula is C7H5ClN4O2. The van der Waals surface area contributed by atoms with Crippen molar-refractivity contribution < 1.29 is 9.90 Å². The highest BCUT2D eigenvalue weighted by atomic mass is 35.5. The van der Waals surface area contributed by atoms with E-state index in [0.717, 1.165) is 0 Å². The molecule has 0 aliphatic heterocycles. The smallest absolute Gasteiger partial charge is 0.355 e. The van der Waals surface area contributed by atoms with Gasteiger partial charge in [-0.05, 0) is 11.6 Å². The van der Waals surface area contributed by atoms with Crippen LogP contribution in [0.2, 0.25) is 5.28 Å². The van der Waals surface area contributed by atoms with E-state index in [2.05, 4.69) is 15.1 Å². The third kappa shape index (κ3) is 1.20. The third-order valence-corrected chi connectivity index (χ3v) is 1.94. The van der Waals surface area contributed by atoms with Crippen molar-refractivity contribution in [3.63, 3.8) is 0 Å². The zero-order valence-electron chi connectivity index (χ0n) is 7.10. The van der Waals surface area contributed by atoms with Gasteiger partial charge in [0.1, 0.15) is 0 Å². The molecule has 0 aliphatic carbocycles. The SMILES string of the molecule is Cn1ncc2c(C(=O)O)nc(Cl)nc21. The minimum atomic E-state index is -1.15. The van der Waals surface area contributed by atoms with Crippen LogP contribution in [0.25, 0.3) is 11.0 Å². The zero-order chi connectivity index (χ0) is 10.3. The maximum Gasteiger partial charge on any atom is 0.355 e. The highest BCUT2D eigenvalue weighted by Gasteiger charge is 2.15. The number of hydrogen-bond acceptors (Lipinski definition) is 4. The molecule has 0 bridgehead atoms. The molecule has 0 radical (unpaired) electrons. The van der Waals surface area contributed by atoms with Crippen LogP contribution in [0.1, 0.15) is 10.5 Å². The topological polar surface area (TPSA) is 80.9 Å². The number of aryl methyl sites for hydroxylation is 1. The number of carboxylic acids is 1.